The maximum absolute atomic E-state index is 13.9. The molecule has 1 N–H and O–H groups in total. The predicted octanol–water partition coefficient (Wildman–Crippen LogP) is 4.79. The maximum atomic E-state index is 13.9. The van der Waals surface area contributed by atoms with E-state index in [0.29, 0.717) is 5.75 Å². The van der Waals surface area contributed by atoms with Gasteiger partial charge in [-0.3, -0.25) is 13.9 Å². The van der Waals surface area contributed by atoms with Crippen LogP contribution < -0.4 is 14.4 Å². The number of nitrogens with zero attached hydrogens (tertiary/aromatic N) is 2. The molecule has 0 fully saturated rings. The number of amides is 2. The van der Waals surface area contributed by atoms with Crippen molar-refractivity contribution < 1.29 is 22.7 Å². The summed E-state index contributed by atoms with van der Waals surface area (Å²) >= 11 is 6.34. The highest BCUT2D eigenvalue weighted by Gasteiger charge is 2.33. The van der Waals surface area contributed by atoms with Gasteiger partial charge in [0.05, 0.1) is 22.7 Å². The fourth-order valence-electron chi connectivity index (χ4n) is 3.94. The van der Waals surface area contributed by atoms with Crippen molar-refractivity contribution in [2.24, 2.45) is 0 Å². The van der Waals surface area contributed by atoms with Gasteiger partial charge in [-0.05, 0) is 63.6 Å². The minimum Gasteiger partial charge on any atom is -0.495 e. The second-order valence-electron chi connectivity index (χ2n) is 9.49. The van der Waals surface area contributed by atoms with E-state index in [-0.39, 0.29) is 34.1 Å². The summed E-state index contributed by atoms with van der Waals surface area (Å²) in [4.78, 5) is 28.2. The minimum atomic E-state index is -4.19. The first-order valence-corrected chi connectivity index (χ1v) is 14.3. The molecule has 3 aromatic carbocycles. The first-order chi connectivity index (χ1) is 18.4. The number of aryl methyl sites for hydroxylation is 1. The Morgan fingerprint density at radius 1 is 0.974 bits per heavy atom. The fourth-order valence-corrected chi connectivity index (χ4v) is 5.60. The minimum absolute atomic E-state index is 0.0213. The van der Waals surface area contributed by atoms with Crippen LogP contribution in [0.5, 0.6) is 5.75 Å². The van der Waals surface area contributed by atoms with Crippen molar-refractivity contribution in [2.45, 2.75) is 51.2 Å². The highest BCUT2D eigenvalue weighted by atomic mass is 35.5. The maximum Gasteiger partial charge on any atom is 0.264 e. The molecule has 3 aromatic rings. The molecule has 1 atom stereocenters. The summed E-state index contributed by atoms with van der Waals surface area (Å²) in [5.74, 6) is -0.522. The summed E-state index contributed by atoms with van der Waals surface area (Å²) in [6, 6.07) is 19.1. The highest BCUT2D eigenvalue weighted by molar-refractivity contribution is 7.92. The molecule has 0 spiro atoms. The lowest BCUT2D eigenvalue weighted by atomic mass is 10.1. The van der Waals surface area contributed by atoms with E-state index in [9.17, 15) is 18.0 Å². The summed E-state index contributed by atoms with van der Waals surface area (Å²) in [7, 11) is -2.73. The molecule has 0 heterocycles. The van der Waals surface area contributed by atoms with Crippen molar-refractivity contribution >= 4 is 39.1 Å². The SMILES string of the molecule is COc1ccc(N(CC(=O)N(Cc2ccccc2)C(C)C(=O)NC(C)C)S(=O)(=O)c2ccc(C)cc2)cc1Cl. The van der Waals surface area contributed by atoms with Crippen molar-refractivity contribution in [1.82, 2.24) is 10.2 Å². The van der Waals surface area contributed by atoms with Gasteiger partial charge in [0, 0.05) is 12.6 Å². The molecule has 0 aliphatic rings. The van der Waals surface area contributed by atoms with E-state index in [0.717, 1.165) is 15.4 Å². The van der Waals surface area contributed by atoms with Crippen molar-refractivity contribution in [3.63, 3.8) is 0 Å². The molecule has 2 amide bonds. The second kappa shape index (κ2) is 13.0. The number of sulfonamides is 1. The Hall–Kier alpha value is -3.56. The Balaban J connectivity index is 2.06. The summed E-state index contributed by atoms with van der Waals surface area (Å²) in [5.41, 5.74) is 1.88. The van der Waals surface area contributed by atoms with Crippen LogP contribution in [-0.2, 0) is 26.2 Å². The number of benzene rings is 3. The molecule has 208 valence electrons. The van der Waals surface area contributed by atoms with Gasteiger partial charge in [-0.25, -0.2) is 8.42 Å². The molecular weight excluding hydrogens is 538 g/mol. The van der Waals surface area contributed by atoms with Crippen LogP contribution in [0.25, 0.3) is 0 Å². The average molecular weight is 572 g/mol. The fraction of sp³-hybridized carbons (Fsp3) is 0.310. The largest absolute Gasteiger partial charge is 0.495 e. The molecule has 0 bridgehead atoms. The van der Waals surface area contributed by atoms with Gasteiger partial charge < -0.3 is 15.0 Å². The number of methoxy groups -OCH3 is 1. The van der Waals surface area contributed by atoms with Gasteiger partial charge in [0.1, 0.15) is 18.3 Å². The van der Waals surface area contributed by atoms with E-state index >= 15 is 0 Å². The number of hydrogen-bond donors (Lipinski definition) is 1. The van der Waals surface area contributed by atoms with Gasteiger partial charge in [0.15, 0.2) is 0 Å². The summed E-state index contributed by atoms with van der Waals surface area (Å²) in [6.45, 7) is 6.71. The molecule has 0 aromatic heterocycles. The molecule has 39 heavy (non-hydrogen) atoms. The van der Waals surface area contributed by atoms with Gasteiger partial charge in [-0.15, -0.1) is 0 Å². The van der Waals surface area contributed by atoms with Crippen LogP contribution in [0.2, 0.25) is 5.02 Å². The molecule has 1 unspecified atom stereocenters. The van der Waals surface area contributed by atoms with Gasteiger partial charge >= 0.3 is 0 Å². The average Bonchev–Trinajstić information content (AvgIpc) is 2.90. The van der Waals surface area contributed by atoms with Crippen molar-refractivity contribution in [1.29, 1.82) is 0 Å². The smallest absolute Gasteiger partial charge is 0.264 e. The lowest BCUT2D eigenvalue weighted by Gasteiger charge is -2.32. The van der Waals surface area contributed by atoms with Crippen LogP contribution in [-0.4, -0.2) is 50.9 Å². The molecular formula is C29H34ClN3O5S. The summed E-state index contributed by atoms with van der Waals surface area (Å²) in [5, 5.41) is 3.03. The van der Waals surface area contributed by atoms with Crippen molar-refractivity contribution in [3.8, 4) is 5.75 Å². The first-order valence-electron chi connectivity index (χ1n) is 12.5. The summed E-state index contributed by atoms with van der Waals surface area (Å²) in [6.07, 6.45) is 0. The van der Waals surface area contributed by atoms with E-state index in [1.54, 1.807) is 25.1 Å². The number of halogens is 1. The third-order valence-corrected chi connectivity index (χ3v) is 8.19. The normalized spacial score (nSPS) is 12.1. The zero-order valence-electron chi connectivity index (χ0n) is 22.7. The van der Waals surface area contributed by atoms with Crippen LogP contribution in [0.15, 0.2) is 77.7 Å². The lowest BCUT2D eigenvalue weighted by Crippen LogP contribution is -2.52. The second-order valence-corrected chi connectivity index (χ2v) is 11.8. The zero-order chi connectivity index (χ0) is 28.7. The number of rotatable bonds is 11. The molecule has 3 rings (SSSR count). The van der Waals surface area contributed by atoms with E-state index in [1.807, 2.05) is 51.1 Å². The predicted molar refractivity (Wildman–Crippen MR) is 153 cm³/mol. The Labute approximate surface area is 235 Å². The van der Waals surface area contributed by atoms with Gasteiger partial charge in [0.2, 0.25) is 11.8 Å². The molecule has 0 saturated carbocycles. The number of carbonyl (C=O) groups excluding carboxylic acids is 2. The monoisotopic (exact) mass is 571 g/mol. The third-order valence-electron chi connectivity index (χ3n) is 6.11. The van der Waals surface area contributed by atoms with Crippen LogP contribution in [0.4, 0.5) is 5.69 Å². The van der Waals surface area contributed by atoms with Crippen LogP contribution in [0.3, 0.4) is 0 Å². The molecule has 0 radical (unpaired) electrons. The number of anilines is 1. The van der Waals surface area contributed by atoms with Crippen LogP contribution in [0.1, 0.15) is 31.9 Å². The Morgan fingerprint density at radius 3 is 2.18 bits per heavy atom. The molecule has 0 saturated heterocycles. The van der Waals surface area contributed by atoms with Crippen molar-refractivity contribution in [3.05, 3.63) is 88.9 Å². The molecule has 8 nitrogen and oxygen atoms in total. The highest BCUT2D eigenvalue weighted by Crippen LogP contribution is 2.32. The van der Waals surface area contributed by atoms with Gasteiger partial charge in [0.25, 0.3) is 10.0 Å². The van der Waals surface area contributed by atoms with Crippen molar-refractivity contribution in [2.75, 3.05) is 18.0 Å². The number of hydrogen-bond acceptors (Lipinski definition) is 5. The van der Waals surface area contributed by atoms with Gasteiger partial charge in [-0.2, -0.15) is 0 Å². The Bertz CT molecular complexity index is 1400. The first kappa shape index (κ1) is 30.0. The number of carbonyl (C=O) groups is 2. The van der Waals surface area contributed by atoms with Crippen LogP contribution in [0, 0.1) is 6.92 Å². The third kappa shape index (κ3) is 7.52. The quantitative estimate of drug-likeness (QED) is 0.357. The molecule has 0 aliphatic carbocycles. The topological polar surface area (TPSA) is 96.0 Å². The van der Waals surface area contributed by atoms with E-state index < -0.39 is 28.5 Å². The van der Waals surface area contributed by atoms with Gasteiger partial charge in [-0.1, -0.05) is 59.6 Å². The van der Waals surface area contributed by atoms with E-state index in [4.69, 9.17) is 16.3 Å². The Kier molecular flexibility index (Phi) is 9.99. The number of nitrogens with one attached hydrogen (secondary N) is 1. The van der Waals surface area contributed by atoms with E-state index in [1.165, 1.54) is 36.3 Å². The standard InChI is InChI=1S/C29H34ClN3O5S/c1-20(2)31-29(35)22(4)32(18-23-9-7-6-8-10-23)28(34)19-33(24-13-16-27(38-5)26(30)17-24)39(36,37)25-14-11-21(3)12-15-25/h6-17,20,22H,18-19H2,1-5H3,(H,31,35). The molecule has 0 aliphatic heterocycles. The summed E-state index contributed by atoms with van der Waals surface area (Å²) < 4.78 is 34.0. The number of ether oxygens (including phenoxy) is 1. The molecule has 10 heteroatoms. The van der Waals surface area contributed by atoms with E-state index in [2.05, 4.69) is 5.32 Å². The Morgan fingerprint density at radius 2 is 1.62 bits per heavy atom. The lowest BCUT2D eigenvalue weighted by molar-refractivity contribution is -0.139. The van der Waals surface area contributed by atoms with Crippen LogP contribution >= 0.6 is 11.6 Å². The zero-order valence-corrected chi connectivity index (χ0v) is 24.3.